The highest BCUT2D eigenvalue weighted by Gasteiger charge is 2.37. The number of aromatic nitrogens is 1. The van der Waals surface area contributed by atoms with Gasteiger partial charge in [-0.15, -0.1) is 0 Å². The highest BCUT2D eigenvalue weighted by atomic mass is 35.5. The SMILES string of the molecule is Cc1ccccc1NC(=O)N(CC(=O)N1c2ccccc2-n2cccc2C1c1cccc(Cl)c1)C(C)C. The van der Waals surface area contributed by atoms with Gasteiger partial charge in [0.15, 0.2) is 0 Å². The van der Waals surface area contributed by atoms with Crippen LogP contribution in [-0.2, 0) is 4.79 Å². The number of carbonyl (C=O) groups excluding carboxylic acids is 2. The number of nitrogens with zero attached hydrogens (tertiary/aromatic N) is 3. The second kappa shape index (κ2) is 10.1. The first-order chi connectivity index (χ1) is 17.8. The molecule has 2 heterocycles. The van der Waals surface area contributed by atoms with E-state index < -0.39 is 6.04 Å². The first-order valence-electron chi connectivity index (χ1n) is 12.3. The minimum atomic E-state index is -0.399. The van der Waals surface area contributed by atoms with E-state index in [0.717, 1.165) is 33.9 Å². The first-order valence-corrected chi connectivity index (χ1v) is 12.7. The molecule has 37 heavy (non-hydrogen) atoms. The fraction of sp³-hybridized carbons (Fsp3) is 0.200. The fourth-order valence-electron chi connectivity index (χ4n) is 4.87. The molecule has 3 amide bonds. The molecule has 1 atom stereocenters. The molecule has 0 saturated carbocycles. The lowest BCUT2D eigenvalue weighted by atomic mass is 9.97. The van der Waals surface area contributed by atoms with Gasteiger partial charge in [-0.2, -0.15) is 0 Å². The van der Waals surface area contributed by atoms with Crippen molar-refractivity contribution in [2.24, 2.45) is 0 Å². The fourth-order valence-corrected chi connectivity index (χ4v) is 5.06. The zero-order valence-corrected chi connectivity index (χ0v) is 21.8. The molecule has 0 aliphatic carbocycles. The molecule has 1 unspecified atom stereocenters. The van der Waals surface area contributed by atoms with Crippen LogP contribution in [0.2, 0.25) is 5.02 Å². The lowest BCUT2D eigenvalue weighted by Crippen LogP contribution is -2.49. The Labute approximate surface area is 222 Å². The summed E-state index contributed by atoms with van der Waals surface area (Å²) in [7, 11) is 0. The van der Waals surface area contributed by atoms with Crippen LogP contribution in [-0.4, -0.2) is 34.0 Å². The molecule has 1 aromatic heterocycles. The maximum atomic E-state index is 14.2. The quantitative estimate of drug-likeness (QED) is 0.319. The van der Waals surface area contributed by atoms with Gasteiger partial charge >= 0.3 is 6.03 Å². The van der Waals surface area contributed by atoms with Gasteiger partial charge in [0.25, 0.3) is 0 Å². The second-order valence-electron chi connectivity index (χ2n) is 9.48. The number of hydrogen-bond donors (Lipinski definition) is 1. The number of halogens is 1. The van der Waals surface area contributed by atoms with Gasteiger partial charge in [0.2, 0.25) is 5.91 Å². The van der Waals surface area contributed by atoms with Gasteiger partial charge in [0, 0.05) is 22.9 Å². The summed E-state index contributed by atoms with van der Waals surface area (Å²) in [6, 6.07) is 26.1. The Morgan fingerprint density at radius 1 is 0.946 bits per heavy atom. The normalized spacial score (nSPS) is 14.2. The van der Waals surface area contributed by atoms with E-state index in [-0.39, 0.29) is 24.5 Å². The van der Waals surface area contributed by atoms with E-state index in [0.29, 0.717) is 5.02 Å². The van der Waals surface area contributed by atoms with Gasteiger partial charge in [-0.3, -0.25) is 9.69 Å². The Bertz CT molecular complexity index is 1460. The van der Waals surface area contributed by atoms with Crippen molar-refractivity contribution in [3.05, 3.63) is 113 Å². The Kier molecular flexibility index (Phi) is 6.76. The van der Waals surface area contributed by atoms with Gasteiger partial charge < -0.3 is 14.8 Å². The van der Waals surface area contributed by atoms with Crippen LogP contribution in [0.4, 0.5) is 16.2 Å². The molecule has 6 nitrogen and oxygen atoms in total. The molecule has 0 saturated heterocycles. The lowest BCUT2D eigenvalue weighted by molar-refractivity contribution is -0.119. The van der Waals surface area contributed by atoms with Gasteiger partial charge in [0.1, 0.15) is 12.6 Å². The van der Waals surface area contributed by atoms with Crippen molar-refractivity contribution in [3.63, 3.8) is 0 Å². The van der Waals surface area contributed by atoms with Crippen LogP contribution in [0.5, 0.6) is 0 Å². The maximum absolute atomic E-state index is 14.2. The molecule has 3 aromatic carbocycles. The van der Waals surface area contributed by atoms with Crippen LogP contribution in [0.15, 0.2) is 91.1 Å². The predicted molar refractivity (Wildman–Crippen MR) is 149 cm³/mol. The average molecular weight is 513 g/mol. The van der Waals surface area contributed by atoms with Crippen LogP contribution >= 0.6 is 11.6 Å². The zero-order chi connectivity index (χ0) is 26.1. The number of urea groups is 1. The molecule has 5 rings (SSSR count). The van der Waals surface area contributed by atoms with Crippen molar-refractivity contribution < 1.29 is 9.59 Å². The highest BCUT2D eigenvalue weighted by Crippen LogP contribution is 2.42. The van der Waals surface area contributed by atoms with Gasteiger partial charge in [0.05, 0.1) is 17.1 Å². The van der Waals surface area contributed by atoms with Crippen molar-refractivity contribution in [2.75, 3.05) is 16.8 Å². The summed E-state index contributed by atoms with van der Waals surface area (Å²) in [4.78, 5) is 30.9. The standard InChI is InChI=1S/C30H29ClN4O2/c1-20(2)34(30(37)32-24-13-5-4-10-21(24)3)19-28(36)35-26-15-7-6-14-25(26)33-17-9-16-27(33)29(35)22-11-8-12-23(31)18-22/h4-18,20,29H,19H2,1-3H3,(H,32,37). The van der Waals surface area contributed by atoms with Gasteiger partial charge in [-0.1, -0.05) is 54.1 Å². The topological polar surface area (TPSA) is 57.6 Å². The van der Waals surface area contributed by atoms with Crippen LogP contribution in [0.1, 0.15) is 36.7 Å². The molecule has 4 aromatic rings. The number of hydrogen-bond acceptors (Lipinski definition) is 2. The Balaban J connectivity index is 1.53. The van der Waals surface area contributed by atoms with E-state index in [1.165, 1.54) is 0 Å². The number of rotatable bonds is 5. The number of carbonyl (C=O) groups is 2. The molecule has 1 aliphatic rings. The summed E-state index contributed by atoms with van der Waals surface area (Å²) in [5, 5.41) is 3.58. The lowest BCUT2D eigenvalue weighted by Gasteiger charge is -2.40. The molecular weight excluding hydrogens is 484 g/mol. The highest BCUT2D eigenvalue weighted by molar-refractivity contribution is 6.30. The van der Waals surface area contributed by atoms with Crippen molar-refractivity contribution in [1.29, 1.82) is 0 Å². The van der Waals surface area contributed by atoms with E-state index in [4.69, 9.17) is 11.6 Å². The van der Waals surface area contributed by atoms with Crippen LogP contribution in [0.3, 0.4) is 0 Å². The molecule has 1 N–H and O–H groups in total. The number of aryl methyl sites for hydroxylation is 1. The van der Waals surface area contributed by atoms with Gasteiger partial charge in [-0.25, -0.2) is 4.79 Å². The largest absolute Gasteiger partial charge is 0.322 e. The maximum Gasteiger partial charge on any atom is 0.322 e. The summed E-state index contributed by atoms with van der Waals surface area (Å²) in [5.41, 5.74) is 5.23. The Morgan fingerprint density at radius 3 is 2.41 bits per heavy atom. The van der Waals surface area contributed by atoms with Gasteiger partial charge in [-0.05, 0) is 74.4 Å². The predicted octanol–water partition coefficient (Wildman–Crippen LogP) is 6.82. The Hall–Kier alpha value is -4.03. The molecule has 7 heteroatoms. The molecule has 0 fully saturated rings. The van der Waals surface area contributed by atoms with Crippen LogP contribution in [0.25, 0.3) is 5.69 Å². The van der Waals surface area contributed by atoms with Crippen molar-refractivity contribution in [1.82, 2.24) is 9.47 Å². The number of para-hydroxylation sites is 3. The van der Waals surface area contributed by atoms with E-state index in [9.17, 15) is 9.59 Å². The van der Waals surface area contributed by atoms with Crippen LogP contribution < -0.4 is 10.2 Å². The first kappa shape index (κ1) is 24.7. The minimum Gasteiger partial charge on any atom is -0.316 e. The minimum absolute atomic E-state index is 0.0819. The third-order valence-electron chi connectivity index (χ3n) is 6.73. The third-order valence-corrected chi connectivity index (χ3v) is 6.96. The average Bonchev–Trinajstić information content (AvgIpc) is 3.37. The van der Waals surface area contributed by atoms with Crippen LogP contribution in [0, 0.1) is 6.92 Å². The summed E-state index contributed by atoms with van der Waals surface area (Å²) in [6.07, 6.45) is 2.00. The molecule has 0 spiro atoms. The van der Waals surface area contributed by atoms with Crippen molar-refractivity contribution in [2.45, 2.75) is 32.9 Å². The summed E-state index contributed by atoms with van der Waals surface area (Å²) >= 11 is 6.38. The summed E-state index contributed by atoms with van der Waals surface area (Å²) in [6.45, 7) is 5.68. The number of amides is 3. The molecule has 188 valence electrons. The van der Waals surface area contributed by atoms with Crippen molar-refractivity contribution >= 4 is 34.9 Å². The number of benzene rings is 3. The Morgan fingerprint density at radius 2 is 1.68 bits per heavy atom. The number of nitrogens with one attached hydrogen (secondary N) is 1. The molecule has 0 radical (unpaired) electrons. The molecular formula is C30H29ClN4O2. The van der Waals surface area contributed by atoms with E-state index in [1.807, 2.05) is 112 Å². The molecule has 0 bridgehead atoms. The smallest absolute Gasteiger partial charge is 0.316 e. The third kappa shape index (κ3) is 4.72. The zero-order valence-electron chi connectivity index (χ0n) is 21.1. The second-order valence-corrected chi connectivity index (χ2v) is 9.92. The van der Waals surface area contributed by atoms with E-state index in [1.54, 1.807) is 9.80 Å². The molecule has 1 aliphatic heterocycles. The monoisotopic (exact) mass is 512 g/mol. The number of anilines is 2. The van der Waals surface area contributed by atoms with E-state index in [2.05, 4.69) is 9.88 Å². The number of fused-ring (bicyclic) bond motifs is 3. The van der Waals surface area contributed by atoms with E-state index >= 15 is 0 Å². The summed E-state index contributed by atoms with van der Waals surface area (Å²) in [5.74, 6) is -0.182. The van der Waals surface area contributed by atoms with Crippen molar-refractivity contribution in [3.8, 4) is 5.69 Å². The summed E-state index contributed by atoms with van der Waals surface area (Å²) < 4.78 is 2.11.